The van der Waals surface area contributed by atoms with Gasteiger partial charge in [0.25, 0.3) is 0 Å². The summed E-state index contributed by atoms with van der Waals surface area (Å²) in [5.41, 5.74) is 0.492. The standard InChI is InChI=1S/C8H14N2O/c11-6-10-7-5-8(7)1-3-9-4-2-8/h6-7,9H,1-5H2,(H,10,11). The first kappa shape index (κ1) is 7.10. The fraction of sp³-hybridized carbons (Fsp3) is 0.875. The Morgan fingerprint density at radius 1 is 1.45 bits per heavy atom. The normalized spacial score (nSPS) is 33.3. The SMILES string of the molecule is O=CNC1CC12CCNCC2. The van der Waals surface area contributed by atoms with E-state index in [9.17, 15) is 4.79 Å². The molecule has 3 nitrogen and oxygen atoms in total. The lowest BCUT2D eigenvalue weighted by molar-refractivity contribution is -0.109. The van der Waals surface area contributed by atoms with Gasteiger partial charge in [0, 0.05) is 6.04 Å². The number of hydrogen-bond donors (Lipinski definition) is 2. The number of nitrogens with one attached hydrogen (secondary N) is 2. The summed E-state index contributed by atoms with van der Waals surface area (Å²) >= 11 is 0. The first-order valence-electron chi connectivity index (χ1n) is 4.28. The van der Waals surface area contributed by atoms with Gasteiger partial charge in [-0.15, -0.1) is 0 Å². The van der Waals surface area contributed by atoms with Crippen molar-refractivity contribution in [3.63, 3.8) is 0 Å². The van der Waals surface area contributed by atoms with E-state index < -0.39 is 0 Å². The van der Waals surface area contributed by atoms with Crippen LogP contribution in [0, 0.1) is 5.41 Å². The van der Waals surface area contributed by atoms with Crippen molar-refractivity contribution in [2.75, 3.05) is 13.1 Å². The topological polar surface area (TPSA) is 41.1 Å². The van der Waals surface area contributed by atoms with Crippen LogP contribution < -0.4 is 10.6 Å². The van der Waals surface area contributed by atoms with Gasteiger partial charge in [0.1, 0.15) is 0 Å². The Hall–Kier alpha value is -0.570. The number of piperidine rings is 1. The third-order valence-corrected chi connectivity index (χ3v) is 3.06. The first-order chi connectivity index (χ1) is 5.37. The highest BCUT2D eigenvalue weighted by Crippen LogP contribution is 2.52. The van der Waals surface area contributed by atoms with E-state index in [4.69, 9.17) is 0 Å². The minimum absolute atomic E-state index is 0.488. The molecule has 2 fully saturated rings. The highest BCUT2D eigenvalue weighted by molar-refractivity contribution is 5.48. The van der Waals surface area contributed by atoms with Gasteiger partial charge in [-0.1, -0.05) is 0 Å². The Morgan fingerprint density at radius 3 is 2.82 bits per heavy atom. The van der Waals surface area contributed by atoms with Gasteiger partial charge in [-0.3, -0.25) is 4.79 Å². The van der Waals surface area contributed by atoms with E-state index in [2.05, 4.69) is 10.6 Å². The van der Waals surface area contributed by atoms with Crippen molar-refractivity contribution < 1.29 is 4.79 Å². The smallest absolute Gasteiger partial charge is 0.207 e. The van der Waals surface area contributed by atoms with Gasteiger partial charge >= 0.3 is 0 Å². The quantitative estimate of drug-likeness (QED) is 0.544. The number of carbonyl (C=O) groups is 1. The van der Waals surface area contributed by atoms with Crippen molar-refractivity contribution in [3.8, 4) is 0 Å². The zero-order valence-corrected chi connectivity index (χ0v) is 6.60. The number of amides is 1. The van der Waals surface area contributed by atoms with Crippen molar-refractivity contribution >= 4 is 6.41 Å². The molecule has 1 atom stereocenters. The highest BCUT2D eigenvalue weighted by atomic mass is 16.1. The second kappa shape index (κ2) is 2.48. The molecule has 1 spiro atoms. The van der Waals surface area contributed by atoms with Gasteiger partial charge in [-0.05, 0) is 37.8 Å². The van der Waals surface area contributed by atoms with Gasteiger partial charge in [0.15, 0.2) is 0 Å². The molecule has 62 valence electrons. The van der Waals surface area contributed by atoms with Gasteiger partial charge in [0.2, 0.25) is 6.41 Å². The monoisotopic (exact) mass is 154 g/mol. The minimum Gasteiger partial charge on any atom is -0.355 e. The van der Waals surface area contributed by atoms with Crippen LogP contribution in [0.15, 0.2) is 0 Å². The average Bonchev–Trinajstić information content (AvgIpc) is 2.66. The molecule has 2 rings (SSSR count). The Bertz CT molecular complexity index is 163. The average molecular weight is 154 g/mol. The van der Waals surface area contributed by atoms with Crippen LogP contribution in [0.4, 0.5) is 0 Å². The number of carbonyl (C=O) groups excluding carboxylic acids is 1. The summed E-state index contributed by atoms with van der Waals surface area (Å²) in [6.07, 6.45) is 4.51. The lowest BCUT2D eigenvalue weighted by Gasteiger charge is -2.22. The third kappa shape index (κ3) is 1.13. The van der Waals surface area contributed by atoms with E-state index in [0.717, 1.165) is 19.5 Å². The summed E-state index contributed by atoms with van der Waals surface area (Å²) in [5, 5.41) is 6.20. The molecule has 0 aromatic rings. The van der Waals surface area contributed by atoms with Crippen LogP contribution in [0.3, 0.4) is 0 Å². The van der Waals surface area contributed by atoms with E-state index in [1.165, 1.54) is 19.3 Å². The summed E-state index contributed by atoms with van der Waals surface area (Å²) < 4.78 is 0. The fourth-order valence-corrected chi connectivity index (χ4v) is 2.14. The van der Waals surface area contributed by atoms with Crippen molar-refractivity contribution in [2.24, 2.45) is 5.41 Å². The van der Waals surface area contributed by atoms with Crippen LogP contribution >= 0.6 is 0 Å². The predicted molar refractivity (Wildman–Crippen MR) is 42.1 cm³/mol. The van der Waals surface area contributed by atoms with Crippen LogP contribution in [-0.2, 0) is 4.79 Å². The van der Waals surface area contributed by atoms with Crippen molar-refractivity contribution in [1.29, 1.82) is 0 Å². The van der Waals surface area contributed by atoms with Crippen LogP contribution in [0.1, 0.15) is 19.3 Å². The van der Waals surface area contributed by atoms with Gasteiger partial charge in [-0.25, -0.2) is 0 Å². The first-order valence-corrected chi connectivity index (χ1v) is 4.28. The largest absolute Gasteiger partial charge is 0.355 e. The summed E-state index contributed by atoms with van der Waals surface area (Å²) in [4.78, 5) is 10.2. The van der Waals surface area contributed by atoms with E-state index >= 15 is 0 Å². The maximum Gasteiger partial charge on any atom is 0.207 e. The molecule has 3 heteroatoms. The lowest BCUT2D eigenvalue weighted by Crippen LogP contribution is -2.33. The van der Waals surface area contributed by atoms with Crippen molar-refractivity contribution in [1.82, 2.24) is 10.6 Å². The molecule has 0 radical (unpaired) electrons. The zero-order valence-electron chi connectivity index (χ0n) is 6.60. The summed E-state index contributed by atoms with van der Waals surface area (Å²) in [5.74, 6) is 0. The van der Waals surface area contributed by atoms with Crippen molar-refractivity contribution in [3.05, 3.63) is 0 Å². The molecule has 2 aliphatic rings. The highest BCUT2D eigenvalue weighted by Gasteiger charge is 2.53. The number of hydrogen-bond acceptors (Lipinski definition) is 2. The molecule has 1 unspecified atom stereocenters. The molecule has 1 heterocycles. The minimum atomic E-state index is 0.488. The Labute approximate surface area is 66.5 Å². The molecule has 1 amide bonds. The van der Waals surface area contributed by atoms with Crippen LogP contribution in [0.2, 0.25) is 0 Å². The molecule has 1 saturated heterocycles. The van der Waals surface area contributed by atoms with Crippen LogP contribution in [0.25, 0.3) is 0 Å². The van der Waals surface area contributed by atoms with Crippen LogP contribution in [-0.4, -0.2) is 25.5 Å². The molecule has 0 bridgehead atoms. The van der Waals surface area contributed by atoms with Gasteiger partial charge in [-0.2, -0.15) is 0 Å². The molecule has 2 N–H and O–H groups in total. The van der Waals surface area contributed by atoms with E-state index in [-0.39, 0.29) is 0 Å². The van der Waals surface area contributed by atoms with Gasteiger partial charge in [0.05, 0.1) is 0 Å². The Balaban J connectivity index is 1.88. The number of rotatable bonds is 2. The van der Waals surface area contributed by atoms with Gasteiger partial charge < -0.3 is 10.6 Å². The summed E-state index contributed by atoms with van der Waals surface area (Å²) in [6.45, 7) is 2.24. The lowest BCUT2D eigenvalue weighted by atomic mass is 9.94. The fourth-order valence-electron chi connectivity index (χ4n) is 2.14. The molecule has 0 aromatic heterocycles. The summed E-state index contributed by atoms with van der Waals surface area (Å²) in [7, 11) is 0. The van der Waals surface area contributed by atoms with E-state index in [1.54, 1.807) is 0 Å². The molecular weight excluding hydrogens is 140 g/mol. The second-order valence-electron chi connectivity index (χ2n) is 3.65. The maximum atomic E-state index is 10.2. The molecule has 1 aliphatic heterocycles. The second-order valence-corrected chi connectivity index (χ2v) is 3.65. The predicted octanol–water partition coefficient (Wildman–Crippen LogP) is -0.126. The molecular formula is C8H14N2O. The van der Waals surface area contributed by atoms with Crippen molar-refractivity contribution in [2.45, 2.75) is 25.3 Å². The molecule has 1 saturated carbocycles. The molecule has 11 heavy (non-hydrogen) atoms. The maximum absolute atomic E-state index is 10.2. The molecule has 1 aliphatic carbocycles. The molecule has 0 aromatic carbocycles. The van der Waals surface area contributed by atoms with Crippen LogP contribution in [0.5, 0.6) is 0 Å². The van der Waals surface area contributed by atoms with E-state index in [1.807, 2.05) is 0 Å². The third-order valence-electron chi connectivity index (χ3n) is 3.06. The Morgan fingerprint density at radius 2 is 2.18 bits per heavy atom. The summed E-state index contributed by atoms with van der Waals surface area (Å²) in [6, 6.07) is 0.488. The Kier molecular flexibility index (Phi) is 1.60. The zero-order chi connectivity index (χ0) is 7.73. The van der Waals surface area contributed by atoms with E-state index in [0.29, 0.717) is 11.5 Å².